The summed E-state index contributed by atoms with van der Waals surface area (Å²) in [6.07, 6.45) is 1.30. The predicted molar refractivity (Wildman–Crippen MR) is 105 cm³/mol. The van der Waals surface area contributed by atoms with Gasteiger partial charge in [0.1, 0.15) is 23.1 Å². The molecule has 164 valence electrons. The fourth-order valence-electron chi connectivity index (χ4n) is 3.85. The minimum atomic E-state index is -1.04. The minimum absolute atomic E-state index is 0.0895. The zero-order valence-corrected chi connectivity index (χ0v) is 16.2. The molecule has 3 aromatic rings. The second kappa shape index (κ2) is 7.70. The van der Waals surface area contributed by atoms with Crippen LogP contribution in [0.2, 0.25) is 0 Å². The summed E-state index contributed by atoms with van der Waals surface area (Å²) in [6.45, 7) is 0.178. The van der Waals surface area contributed by atoms with Crippen LogP contribution in [0, 0.1) is 29.2 Å². The summed E-state index contributed by atoms with van der Waals surface area (Å²) in [5, 5.41) is 5.28. The smallest absolute Gasteiger partial charge is 0.320 e. The van der Waals surface area contributed by atoms with Gasteiger partial charge in [-0.1, -0.05) is 0 Å². The Balaban J connectivity index is 1.20. The maximum absolute atomic E-state index is 14.2. The Morgan fingerprint density at radius 2 is 1.72 bits per heavy atom. The van der Waals surface area contributed by atoms with Gasteiger partial charge in [0.25, 0.3) is 0 Å². The molecule has 10 heteroatoms. The molecule has 0 unspecified atom stereocenters. The van der Waals surface area contributed by atoms with E-state index in [1.807, 2.05) is 0 Å². The molecule has 0 bridgehead atoms. The molecule has 2 aromatic carbocycles. The van der Waals surface area contributed by atoms with Crippen LogP contribution < -0.4 is 20.1 Å². The van der Waals surface area contributed by atoms with E-state index in [4.69, 9.17) is 9.47 Å². The molecule has 2 amide bonds. The van der Waals surface area contributed by atoms with Crippen LogP contribution in [0.1, 0.15) is 11.5 Å². The van der Waals surface area contributed by atoms with E-state index >= 15 is 0 Å². The van der Waals surface area contributed by atoms with Crippen molar-refractivity contribution in [1.29, 1.82) is 0 Å². The number of carbonyl (C=O) groups excluding carboxylic acids is 1. The van der Waals surface area contributed by atoms with Crippen molar-refractivity contribution in [2.45, 2.75) is 12.0 Å². The Morgan fingerprint density at radius 3 is 2.47 bits per heavy atom. The zero-order valence-electron chi connectivity index (χ0n) is 16.2. The van der Waals surface area contributed by atoms with Gasteiger partial charge >= 0.3 is 6.03 Å². The van der Waals surface area contributed by atoms with Crippen molar-refractivity contribution in [3.63, 3.8) is 0 Å². The Labute approximate surface area is 179 Å². The lowest BCUT2D eigenvalue weighted by Gasteiger charge is -2.16. The molecule has 1 fully saturated rings. The fraction of sp³-hybridized carbons (Fsp3) is 0.182. The molecule has 0 spiro atoms. The number of amides is 2. The lowest BCUT2D eigenvalue weighted by Crippen LogP contribution is -2.32. The maximum atomic E-state index is 14.2. The molecule has 32 heavy (non-hydrogen) atoms. The summed E-state index contributed by atoms with van der Waals surface area (Å²) in [7, 11) is 0. The van der Waals surface area contributed by atoms with Crippen LogP contribution in [0.5, 0.6) is 17.2 Å². The van der Waals surface area contributed by atoms with Gasteiger partial charge in [0.2, 0.25) is 0 Å². The van der Waals surface area contributed by atoms with Crippen molar-refractivity contribution >= 4 is 11.8 Å². The van der Waals surface area contributed by atoms with Gasteiger partial charge in [-0.3, -0.25) is 5.32 Å². The highest BCUT2D eigenvalue weighted by Gasteiger charge is 2.57. The Bertz CT molecular complexity index is 1210. The molecule has 1 aromatic heterocycles. The number of rotatable bonds is 4. The number of benzene rings is 2. The highest BCUT2D eigenvalue weighted by atomic mass is 19.2. The molecular formula is C22H15F4N3O3. The predicted octanol–water partition coefficient (Wildman–Crippen LogP) is 4.73. The number of pyridine rings is 1. The van der Waals surface area contributed by atoms with Crippen molar-refractivity contribution < 1.29 is 31.8 Å². The number of anilines is 1. The largest absolute Gasteiger partial charge is 0.490 e. The molecule has 2 aliphatic rings. The summed E-state index contributed by atoms with van der Waals surface area (Å²) >= 11 is 0. The van der Waals surface area contributed by atoms with Gasteiger partial charge in [-0.2, -0.15) is 0 Å². The van der Waals surface area contributed by atoms with Crippen LogP contribution in [0.25, 0.3) is 0 Å². The number of ether oxygens (including phenoxy) is 2. The van der Waals surface area contributed by atoms with Gasteiger partial charge in [-0.25, -0.2) is 27.3 Å². The van der Waals surface area contributed by atoms with Crippen molar-refractivity contribution in [1.82, 2.24) is 10.3 Å². The van der Waals surface area contributed by atoms with E-state index in [1.165, 1.54) is 24.4 Å². The van der Waals surface area contributed by atoms with E-state index in [0.717, 1.165) is 24.3 Å². The Morgan fingerprint density at radius 1 is 0.969 bits per heavy atom. The molecule has 0 saturated heterocycles. The summed E-state index contributed by atoms with van der Waals surface area (Å²) in [5.74, 6) is -3.30. The second-order valence-corrected chi connectivity index (χ2v) is 7.45. The van der Waals surface area contributed by atoms with Crippen molar-refractivity contribution in [3.05, 3.63) is 77.5 Å². The Hall–Kier alpha value is -3.82. The van der Waals surface area contributed by atoms with Crippen molar-refractivity contribution in [3.8, 4) is 17.2 Å². The third kappa shape index (κ3) is 3.68. The second-order valence-electron chi connectivity index (χ2n) is 7.45. The summed E-state index contributed by atoms with van der Waals surface area (Å²) in [6, 6.07) is 7.15. The standard InChI is InChI=1S/C22H15F4N3O3/c23-13-3-1-10(7-16(13)26)32-11-2-6-17(27-8-11)28-22(30)29-20-12-9-31-21-15(25)5-4-14(24)19(21)18(12)20/h1-8,12,18,20H,9H2,(H2,27,28,29,30)/t12-,18+,20+/m0/s1. The Kier molecular flexibility index (Phi) is 4.84. The first-order valence-electron chi connectivity index (χ1n) is 9.68. The van der Waals surface area contributed by atoms with Gasteiger partial charge in [0.05, 0.1) is 12.8 Å². The molecule has 5 rings (SSSR count). The van der Waals surface area contributed by atoms with Gasteiger partial charge < -0.3 is 14.8 Å². The maximum Gasteiger partial charge on any atom is 0.320 e. The third-order valence-electron chi connectivity index (χ3n) is 5.42. The number of aromatic nitrogens is 1. The van der Waals surface area contributed by atoms with Gasteiger partial charge in [0, 0.05) is 29.5 Å². The topological polar surface area (TPSA) is 72.5 Å². The number of nitrogens with zero attached hydrogens (tertiary/aromatic N) is 1. The van der Waals surface area contributed by atoms with E-state index in [-0.39, 0.29) is 47.1 Å². The van der Waals surface area contributed by atoms with Crippen LogP contribution in [0.15, 0.2) is 48.7 Å². The summed E-state index contributed by atoms with van der Waals surface area (Å²) < 4.78 is 65.0. The van der Waals surface area contributed by atoms with Gasteiger partial charge in [-0.15, -0.1) is 0 Å². The monoisotopic (exact) mass is 445 g/mol. The lowest BCUT2D eigenvalue weighted by molar-refractivity contribution is 0.247. The first kappa shape index (κ1) is 20.1. The molecule has 2 N–H and O–H groups in total. The molecule has 6 nitrogen and oxygen atoms in total. The molecular weight excluding hydrogens is 430 g/mol. The SMILES string of the molecule is O=C(Nc1ccc(Oc2ccc(F)c(F)c2)cn1)N[C@@H]1[C@H]2COc3c(F)ccc(F)c3[C@@H]21. The van der Waals surface area contributed by atoms with Crippen LogP contribution >= 0.6 is 0 Å². The highest BCUT2D eigenvalue weighted by molar-refractivity contribution is 5.89. The zero-order chi connectivity index (χ0) is 22.4. The number of carbonyl (C=O) groups is 1. The number of nitrogens with one attached hydrogen (secondary N) is 2. The third-order valence-corrected chi connectivity index (χ3v) is 5.42. The fourth-order valence-corrected chi connectivity index (χ4v) is 3.85. The molecule has 1 aliphatic carbocycles. The summed E-state index contributed by atoms with van der Waals surface area (Å²) in [5.41, 5.74) is 0.142. The minimum Gasteiger partial charge on any atom is -0.490 e. The summed E-state index contributed by atoms with van der Waals surface area (Å²) in [4.78, 5) is 16.4. The molecule has 3 atom stereocenters. The van der Waals surface area contributed by atoms with E-state index in [9.17, 15) is 22.4 Å². The van der Waals surface area contributed by atoms with Crippen LogP contribution in [0.3, 0.4) is 0 Å². The van der Waals surface area contributed by atoms with E-state index in [0.29, 0.717) is 0 Å². The highest BCUT2D eigenvalue weighted by Crippen LogP contribution is 2.55. The van der Waals surface area contributed by atoms with Gasteiger partial charge in [-0.05, 0) is 36.4 Å². The number of hydrogen-bond acceptors (Lipinski definition) is 4. The van der Waals surface area contributed by atoms with Gasteiger partial charge in [0.15, 0.2) is 23.2 Å². The molecule has 1 aliphatic heterocycles. The molecule has 2 heterocycles. The normalized spacial score (nSPS) is 20.4. The van der Waals surface area contributed by atoms with Crippen LogP contribution in [-0.2, 0) is 0 Å². The average molecular weight is 445 g/mol. The van der Waals surface area contributed by atoms with Crippen molar-refractivity contribution in [2.24, 2.45) is 5.92 Å². The quantitative estimate of drug-likeness (QED) is 0.570. The van der Waals surface area contributed by atoms with E-state index in [2.05, 4.69) is 15.6 Å². The lowest BCUT2D eigenvalue weighted by atomic mass is 10.0. The number of hydrogen-bond donors (Lipinski definition) is 2. The van der Waals surface area contributed by atoms with E-state index < -0.39 is 35.3 Å². The number of urea groups is 1. The molecule has 1 saturated carbocycles. The number of halogens is 4. The molecule has 0 radical (unpaired) electrons. The van der Waals surface area contributed by atoms with Crippen LogP contribution in [-0.4, -0.2) is 23.7 Å². The van der Waals surface area contributed by atoms with Crippen LogP contribution in [0.4, 0.5) is 28.2 Å². The first-order chi connectivity index (χ1) is 15.4. The first-order valence-corrected chi connectivity index (χ1v) is 9.68. The number of fused-ring (bicyclic) bond motifs is 3. The van der Waals surface area contributed by atoms with E-state index in [1.54, 1.807) is 0 Å². The van der Waals surface area contributed by atoms with Crippen molar-refractivity contribution in [2.75, 3.05) is 11.9 Å². The average Bonchev–Trinajstić information content (AvgIpc) is 3.47.